The second kappa shape index (κ2) is 12.5. The summed E-state index contributed by atoms with van der Waals surface area (Å²) in [5, 5.41) is 0. The van der Waals surface area contributed by atoms with Crippen molar-refractivity contribution in [2.45, 2.75) is 19.0 Å². The minimum absolute atomic E-state index is 0. The van der Waals surface area contributed by atoms with E-state index in [-0.39, 0.29) is 12.4 Å². The summed E-state index contributed by atoms with van der Waals surface area (Å²) in [5.41, 5.74) is 7.21. The van der Waals surface area contributed by atoms with E-state index in [1.54, 1.807) is 21.3 Å². The van der Waals surface area contributed by atoms with Crippen LogP contribution in [0.4, 0.5) is 0 Å². The predicted octanol–water partition coefficient (Wildman–Crippen LogP) is 2.90. The van der Waals surface area contributed by atoms with E-state index in [0.29, 0.717) is 12.5 Å². The third kappa shape index (κ3) is 7.34. The van der Waals surface area contributed by atoms with Gasteiger partial charge >= 0.3 is 8.80 Å². The van der Waals surface area contributed by atoms with Crippen LogP contribution in [-0.4, -0.2) is 48.1 Å². The number of nitrogens with two attached hydrogens (primary N) is 1. The van der Waals surface area contributed by atoms with Crippen molar-refractivity contribution in [1.82, 2.24) is 4.90 Å². The van der Waals surface area contributed by atoms with Crippen molar-refractivity contribution in [2.75, 3.05) is 34.4 Å². The van der Waals surface area contributed by atoms with Crippen LogP contribution in [-0.2, 0) is 19.8 Å². The molecule has 0 aromatic heterocycles. The number of rotatable bonds is 12. The SMILES string of the molecule is C=CN(CC[C@H](CN)C[Si](OC)(OC)OC)Cc1ccccc1.Cl. The van der Waals surface area contributed by atoms with Crippen molar-refractivity contribution < 1.29 is 13.3 Å². The van der Waals surface area contributed by atoms with Crippen LogP contribution >= 0.6 is 12.4 Å². The lowest BCUT2D eigenvalue weighted by Crippen LogP contribution is -2.45. The molecule has 5 nitrogen and oxygen atoms in total. The molecule has 138 valence electrons. The zero-order valence-corrected chi connectivity index (χ0v) is 16.8. The molecule has 7 heteroatoms. The van der Waals surface area contributed by atoms with E-state index in [9.17, 15) is 0 Å². The van der Waals surface area contributed by atoms with E-state index in [1.165, 1.54) is 5.56 Å². The second-order valence-corrected chi connectivity index (χ2v) is 8.53. The van der Waals surface area contributed by atoms with Crippen LogP contribution in [0.5, 0.6) is 0 Å². The lowest BCUT2D eigenvalue weighted by atomic mass is 10.1. The normalized spacial score (nSPS) is 12.3. The van der Waals surface area contributed by atoms with Crippen LogP contribution in [0.1, 0.15) is 12.0 Å². The number of hydrogen-bond acceptors (Lipinski definition) is 5. The molecule has 0 aliphatic heterocycles. The number of hydrogen-bond donors (Lipinski definition) is 1. The van der Waals surface area contributed by atoms with Crippen LogP contribution in [0.25, 0.3) is 0 Å². The molecule has 24 heavy (non-hydrogen) atoms. The molecule has 0 spiro atoms. The first-order valence-corrected chi connectivity index (χ1v) is 9.82. The van der Waals surface area contributed by atoms with Crippen LogP contribution in [0, 0.1) is 5.92 Å². The summed E-state index contributed by atoms with van der Waals surface area (Å²) >= 11 is 0. The Morgan fingerprint density at radius 3 is 2.21 bits per heavy atom. The quantitative estimate of drug-likeness (QED) is 0.570. The van der Waals surface area contributed by atoms with E-state index in [4.69, 9.17) is 19.0 Å². The average Bonchev–Trinajstić information content (AvgIpc) is 2.62. The first kappa shape index (κ1) is 23.1. The van der Waals surface area contributed by atoms with Crippen molar-refractivity contribution in [2.24, 2.45) is 11.7 Å². The first-order valence-electron chi connectivity index (χ1n) is 7.89. The summed E-state index contributed by atoms with van der Waals surface area (Å²) in [6, 6.07) is 11.1. The van der Waals surface area contributed by atoms with Gasteiger partial charge in [0.25, 0.3) is 0 Å². The highest BCUT2D eigenvalue weighted by Gasteiger charge is 2.40. The van der Waals surface area contributed by atoms with Crippen molar-refractivity contribution in [1.29, 1.82) is 0 Å². The Morgan fingerprint density at radius 2 is 1.75 bits per heavy atom. The molecule has 0 radical (unpaired) electrons. The second-order valence-electron chi connectivity index (χ2n) is 5.53. The first-order chi connectivity index (χ1) is 11.1. The van der Waals surface area contributed by atoms with Gasteiger partial charge in [-0.2, -0.15) is 0 Å². The van der Waals surface area contributed by atoms with Crippen molar-refractivity contribution in [3.05, 3.63) is 48.7 Å². The topological polar surface area (TPSA) is 57.0 Å². The number of halogens is 1. The molecule has 0 aliphatic carbocycles. The van der Waals surface area contributed by atoms with Crippen molar-refractivity contribution >= 4 is 21.2 Å². The average molecular weight is 375 g/mol. The monoisotopic (exact) mass is 374 g/mol. The maximum absolute atomic E-state index is 5.94. The van der Waals surface area contributed by atoms with Gasteiger partial charge in [0, 0.05) is 40.5 Å². The van der Waals surface area contributed by atoms with Crippen LogP contribution < -0.4 is 5.73 Å². The molecule has 0 saturated heterocycles. The summed E-state index contributed by atoms with van der Waals surface area (Å²) in [6.07, 6.45) is 2.83. The molecule has 0 heterocycles. The summed E-state index contributed by atoms with van der Waals surface area (Å²) in [5.74, 6) is 0.291. The fourth-order valence-corrected chi connectivity index (χ4v) is 4.64. The lowest BCUT2D eigenvalue weighted by Gasteiger charge is -2.29. The van der Waals surface area contributed by atoms with Gasteiger partial charge in [-0.1, -0.05) is 36.9 Å². The smallest absolute Gasteiger partial charge is 0.377 e. The van der Waals surface area contributed by atoms with Gasteiger partial charge < -0.3 is 23.9 Å². The summed E-state index contributed by atoms with van der Waals surface area (Å²) in [7, 11) is 2.33. The highest BCUT2D eigenvalue weighted by molar-refractivity contribution is 6.60. The highest BCUT2D eigenvalue weighted by atomic mass is 35.5. The van der Waals surface area contributed by atoms with E-state index in [2.05, 4.69) is 35.7 Å². The highest BCUT2D eigenvalue weighted by Crippen LogP contribution is 2.22. The Morgan fingerprint density at radius 1 is 1.17 bits per heavy atom. The maximum Gasteiger partial charge on any atom is 0.500 e. The third-order valence-corrected chi connectivity index (χ3v) is 7.06. The molecular formula is C17H31ClN2O3Si. The van der Waals surface area contributed by atoms with Crippen LogP contribution in [0.15, 0.2) is 43.1 Å². The fraction of sp³-hybridized carbons (Fsp3) is 0.529. The number of benzene rings is 1. The van der Waals surface area contributed by atoms with Gasteiger partial charge in [0.2, 0.25) is 0 Å². The van der Waals surface area contributed by atoms with Gasteiger partial charge in [-0.15, -0.1) is 12.4 Å². The molecule has 0 bridgehead atoms. The van der Waals surface area contributed by atoms with E-state index in [1.807, 2.05) is 12.3 Å². The van der Waals surface area contributed by atoms with Crippen LogP contribution in [0.2, 0.25) is 6.04 Å². The van der Waals surface area contributed by atoms with Gasteiger partial charge in [0.1, 0.15) is 0 Å². The minimum atomic E-state index is -2.58. The van der Waals surface area contributed by atoms with Crippen molar-refractivity contribution in [3.8, 4) is 0 Å². The molecule has 1 aromatic rings. The molecule has 1 atom stereocenters. The molecular weight excluding hydrogens is 344 g/mol. The third-order valence-electron chi connectivity index (χ3n) is 4.12. The molecule has 0 aliphatic rings. The van der Waals surface area contributed by atoms with E-state index < -0.39 is 8.80 Å². The number of nitrogens with zero attached hydrogens (tertiary/aromatic N) is 1. The maximum atomic E-state index is 5.94. The Balaban J connectivity index is 0.00000529. The minimum Gasteiger partial charge on any atom is -0.377 e. The predicted molar refractivity (Wildman–Crippen MR) is 103 cm³/mol. The summed E-state index contributed by atoms with van der Waals surface area (Å²) in [6.45, 7) is 6.24. The van der Waals surface area contributed by atoms with Crippen LogP contribution in [0.3, 0.4) is 0 Å². The fourth-order valence-electron chi connectivity index (χ4n) is 2.56. The van der Waals surface area contributed by atoms with E-state index in [0.717, 1.165) is 25.6 Å². The molecule has 1 aromatic carbocycles. The van der Waals surface area contributed by atoms with Crippen molar-refractivity contribution in [3.63, 3.8) is 0 Å². The largest absolute Gasteiger partial charge is 0.500 e. The zero-order chi connectivity index (χ0) is 17.1. The summed E-state index contributed by atoms with van der Waals surface area (Å²) in [4.78, 5) is 2.20. The van der Waals surface area contributed by atoms with Gasteiger partial charge in [-0.05, 0) is 30.6 Å². The molecule has 1 rings (SSSR count). The van der Waals surface area contributed by atoms with Gasteiger partial charge in [-0.25, -0.2) is 0 Å². The summed E-state index contributed by atoms with van der Waals surface area (Å²) < 4.78 is 16.5. The Hall–Kier alpha value is -0.893. The zero-order valence-electron chi connectivity index (χ0n) is 14.9. The Kier molecular flexibility index (Phi) is 12.0. The Labute approximate surface area is 153 Å². The standard InChI is InChI=1S/C17H30N2O3Si.ClH/c1-5-19(14-16-9-7-6-8-10-16)12-11-17(13-18)15-23(20-2,21-3)22-4;/h5-10,17H,1,11-15,18H2,2-4H3;1H/t17-;/m1./s1. The molecule has 2 N–H and O–H groups in total. The molecule has 0 unspecified atom stereocenters. The van der Waals surface area contributed by atoms with Gasteiger partial charge in [0.05, 0.1) is 0 Å². The molecule has 0 fully saturated rings. The lowest BCUT2D eigenvalue weighted by molar-refractivity contribution is 0.117. The molecule has 0 amide bonds. The van der Waals surface area contributed by atoms with Gasteiger partial charge in [-0.3, -0.25) is 0 Å². The van der Waals surface area contributed by atoms with E-state index >= 15 is 0 Å². The molecule has 0 saturated carbocycles. The van der Waals surface area contributed by atoms with Gasteiger partial charge in [0.15, 0.2) is 0 Å². The Bertz CT molecular complexity index is 438.